The first kappa shape index (κ1) is 8.02. The second-order valence-corrected chi connectivity index (χ2v) is 2.88. The Morgan fingerprint density at radius 3 is 3.10 bits per heavy atom. The monoisotopic (exact) mass is 143 g/mol. The molecule has 0 saturated carbocycles. The second kappa shape index (κ2) is 4.69. The van der Waals surface area contributed by atoms with E-state index in [-0.39, 0.29) is 0 Å². The molecule has 1 aliphatic heterocycles. The van der Waals surface area contributed by atoms with E-state index in [1.54, 1.807) is 0 Å². The Balaban J connectivity index is 1.91. The van der Waals surface area contributed by atoms with Crippen molar-refractivity contribution in [1.82, 2.24) is 5.32 Å². The van der Waals surface area contributed by atoms with Gasteiger partial charge in [0.05, 0.1) is 6.10 Å². The Morgan fingerprint density at radius 2 is 2.50 bits per heavy atom. The van der Waals surface area contributed by atoms with Crippen molar-refractivity contribution >= 4 is 0 Å². The van der Waals surface area contributed by atoms with Crippen molar-refractivity contribution in [2.75, 3.05) is 20.2 Å². The van der Waals surface area contributed by atoms with Crippen LogP contribution in [0, 0.1) is 0 Å². The van der Waals surface area contributed by atoms with E-state index in [1.807, 2.05) is 7.05 Å². The molecule has 1 fully saturated rings. The van der Waals surface area contributed by atoms with E-state index in [0.717, 1.165) is 13.2 Å². The van der Waals surface area contributed by atoms with Crippen molar-refractivity contribution in [2.24, 2.45) is 0 Å². The summed E-state index contributed by atoms with van der Waals surface area (Å²) < 4.78 is 5.47. The van der Waals surface area contributed by atoms with Crippen LogP contribution in [0.2, 0.25) is 0 Å². The third kappa shape index (κ3) is 2.67. The van der Waals surface area contributed by atoms with Gasteiger partial charge in [0.1, 0.15) is 0 Å². The summed E-state index contributed by atoms with van der Waals surface area (Å²) in [5.41, 5.74) is 0. The van der Waals surface area contributed by atoms with Gasteiger partial charge in [-0.2, -0.15) is 0 Å². The zero-order valence-electron chi connectivity index (χ0n) is 6.73. The molecule has 60 valence electrons. The summed E-state index contributed by atoms with van der Waals surface area (Å²) in [7, 11) is 2.00. The molecule has 0 aromatic heterocycles. The van der Waals surface area contributed by atoms with Gasteiger partial charge in [0.15, 0.2) is 0 Å². The maximum absolute atomic E-state index is 5.47. The molecule has 0 spiro atoms. The van der Waals surface area contributed by atoms with Crippen molar-refractivity contribution in [3.63, 3.8) is 0 Å². The lowest BCUT2D eigenvalue weighted by molar-refractivity contribution is 0.102. The molecule has 1 atom stereocenters. The molecular weight excluding hydrogens is 126 g/mol. The third-order valence-electron chi connectivity index (χ3n) is 1.98. The maximum atomic E-state index is 5.47. The molecular formula is C8H17NO. The molecule has 0 aliphatic carbocycles. The van der Waals surface area contributed by atoms with Crippen LogP contribution in [0.25, 0.3) is 0 Å². The van der Waals surface area contributed by atoms with Gasteiger partial charge in [-0.25, -0.2) is 0 Å². The van der Waals surface area contributed by atoms with Crippen molar-refractivity contribution in [3.05, 3.63) is 0 Å². The minimum Gasteiger partial charge on any atom is -0.378 e. The van der Waals surface area contributed by atoms with Gasteiger partial charge in [-0.3, -0.25) is 0 Å². The quantitative estimate of drug-likeness (QED) is 0.596. The molecule has 10 heavy (non-hydrogen) atoms. The summed E-state index contributed by atoms with van der Waals surface area (Å²) in [6, 6.07) is 0. The highest BCUT2D eigenvalue weighted by molar-refractivity contribution is 4.64. The zero-order chi connectivity index (χ0) is 7.23. The first-order chi connectivity index (χ1) is 4.93. The van der Waals surface area contributed by atoms with Crippen LogP contribution in [0.15, 0.2) is 0 Å². The Labute approximate surface area is 63.0 Å². The van der Waals surface area contributed by atoms with Crippen molar-refractivity contribution in [1.29, 1.82) is 0 Å². The predicted octanol–water partition coefficient (Wildman–Crippen LogP) is 1.16. The highest BCUT2D eigenvalue weighted by atomic mass is 16.5. The topological polar surface area (TPSA) is 21.3 Å². The van der Waals surface area contributed by atoms with E-state index in [0.29, 0.717) is 6.10 Å². The highest BCUT2D eigenvalue weighted by Crippen LogP contribution is 2.15. The normalized spacial score (nSPS) is 25.5. The number of hydrogen-bond donors (Lipinski definition) is 1. The Bertz CT molecular complexity index is 79.3. The van der Waals surface area contributed by atoms with Gasteiger partial charge in [-0.05, 0) is 39.3 Å². The average Bonchev–Trinajstić information content (AvgIpc) is 2.41. The largest absolute Gasteiger partial charge is 0.378 e. The minimum atomic E-state index is 0.577. The van der Waals surface area contributed by atoms with E-state index >= 15 is 0 Å². The molecule has 1 heterocycles. The fourth-order valence-corrected chi connectivity index (χ4v) is 1.38. The van der Waals surface area contributed by atoms with Crippen LogP contribution >= 0.6 is 0 Å². The molecule has 1 saturated heterocycles. The van der Waals surface area contributed by atoms with Gasteiger partial charge < -0.3 is 10.1 Å². The van der Waals surface area contributed by atoms with E-state index in [2.05, 4.69) is 5.32 Å². The fraction of sp³-hybridized carbons (Fsp3) is 1.00. The van der Waals surface area contributed by atoms with Crippen LogP contribution in [0.4, 0.5) is 0 Å². The smallest absolute Gasteiger partial charge is 0.0576 e. The number of hydrogen-bond acceptors (Lipinski definition) is 2. The minimum absolute atomic E-state index is 0.577. The van der Waals surface area contributed by atoms with Crippen LogP contribution < -0.4 is 5.32 Å². The van der Waals surface area contributed by atoms with Crippen molar-refractivity contribution < 1.29 is 4.74 Å². The number of rotatable bonds is 4. The molecule has 2 heteroatoms. The lowest BCUT2D eigenvalue weighted by atomic mass is 10.1. The van der Waals surface area contributed by atoms with Gasteiger partial charge in [0, 0.05) is 6.61 Å². The van der Waals surface area contributed by atoms with Crippen LogP contribution in [0.5, 0.6) is 0 Å². The van der Waals surface area contributed by atoms with Gasteiger partial charge in [0.25, 0.3) is 0 Å². The first-order valence-electron chi connectivity index (χ1n) is 4.19. The Morgan fingerprint density at radius 1 is 1.60 bits per heavy atom. The SMILES string of the molecule is CNCCC[C@H]1CCCO1. The highest BCUT2D eigenvalue weighted by Gasteiger charge is 2.13. The number of ether oxygens (including phenoxy) is 1. The average molecular weight is 143 g/mol. The summed E-state index contributed by atoms with van der Waals surface area (Å²) in [6.07, 6.45) is 5.61. The van der Waals surface area contributed by atoms with Crippen LogP contribution in [0.3, 0.4) is 0 Å². The summed E-state index contributed by atoms with van der Waals surface area (Å²) in [4.78, 5) is 0. The third-order valence-corrected chi connectivity index (χ3v) is 1.98. The summed E-state index contributed by atoms with van der Waals surface area (Å²) in [5, 5.41) is 3.14. The molecule has 0 aromatic carbocycles. The van der Waals surface area contributed by atoms with Crippen molar-refractivity contribution in [3.8, 4) is 0 Å². The molecule has 0 amide bonds. The van der Waals surface area contributed by atoms with Gasteiger partial charge in [0.2, 0.25) is 0 Å². The number of nitrogens with one attached hydrogen (secondary N) is 1. The van der Waals surface area contributed by atoms with E-state index < -0.39 is 0 Å². The molecule has 0 radical (unpaired) electrons. The van der Waals surface area contributed by atoms with E-state index in [9.17, 15) is 0 Å². The molecule has 0 bridgehead atoms. The Hall–Kier alpha value is -0.0800. The molecule has 2 nitrogen and oxygen atoms in total. The fourth-order valence-electron chi connectivity index (χ4n) is 1.38. The van der Waals surface area contributed by atoms with Crippen LogP contribution in [0.1, 0.15) is 25.7 Å². The molecule has 1 rings (SSSR count). The van der Waals surface area contributed by atoms with E-state index in [1.165, 1.54) is 25.7 Å². The molecule has 1 aliphatic rings. The molecule has 1 N–H and O–H groups in total. The summed E-state index contributed by atoms with van der Waals surface area (Å²) >= 11 is 0. The van der Waals surface area contributed by atoms with E-state index in [4.69, 9.17) is 4.74 Å². The standard InChI is InChI=1S/C8H17NO/c1-9-6-2-4-8-5-3-7-10-8/h8-9H,2-7H2,1H3/t8-/m0/s1. The summed E-state index contributed by atoms with van der Waals surface area (Å²) in [5.74, 6) is 0. The van der Waals surface area contributed by atoms with Gasteiger partial charge >= 0.3 is 0 Å². The lowest BCUT2D eigenvalue weighted by Crippen LogP contribution is -2.12. The van der Waals surface area contributed by atoms with Crippen molar-refractivity contribution in [2.45, 2.75) is 31.8 Å². The maximum Gasteiger partial charge on any atom is 0.0576 e. The van der Waals surface area contributed by atoms with Gasteiger partial charge in [-0.15, -0.1) is 0 Å². The van der Waals surface area contributed by atoms with Crippen LogP contribution in [-0.2, 0) is 4.74 Å². The van der Waals surface area contributed by atoms with Crippen LogP contribution in [-0.4, -0.2) is 26.3 Å². The lowest BCUT2D eigenvalue weighted by Gasteiger charge is -2.07. The zero-order valence-corrected chi connectivity index (χ0v) is 6.73. The van der Waals surface area contributed by atoms with Gasteiger partial charge in [-0.1, -0.05) is 0 Å². The predicted molar refractivity (Wildman–Crippen MR) is 42.1 cm³/mol. The summed E-state index contributed by atoms with van der Waals surface area (Å²) in [6.45, 7) is 2.12. The Kier molecular flexibility index (Phi) is 3.76. The second-order valence-electron chi connectivity index (χ2n) is 2.88. The molecule has 0 unspecified atom stereocenters. The first-order valence-corrected chi connectivity index (χ1v) is 4.19. The molecule has 0 aromatic rings.